The summed E-state index contributed by atoms with van der Waals surface area (Å²) in [5.41, 5.74) is -0.748. The van der Waals surface area contributed by atoms with Crippen molar-refractivity contribution in [2.45, 2.75) is 45.4 Å². The molecule has 0 aliphatic carbocycles. The smallest absolute Gasteiger partial charge is 0.416 e. The quantitative estimate of drug-likeness (QED) is 0.294. The lowest BCUT2D eigenvalue weighted by Gasteiger charge is -2.44. The van der Waals surface area contributed by atoms with Gasteiger partial charge >= 0.3 is 6.09 Å². The molecular weight excluding hydrogens is 430 g/mol. The molecule has 3 amide bonds. The van der Waals surface area contributed by atoms with Gasteiger partial charge in [0.25, 0.3) is 5.91 Å². The molecule has 2 atom stereocenters. The van der Waals surface area contributed by atoms with Crippen LogP contribution in [0.5, 0.6) is 11.5 Å². The van der Waals surface area contributed by atoms with Crippen molar-refractivity contribution in [1.82, 2.24) is 10.2 Å². The van der Waals surface area contributed by atoms with Gasteiger partial charge in [0.05, 0.1) is 30.5 Å². The van der Waals surface area contributed by atoms with E-state index in [4.69, 9.17) is 14.2 Å². The third-order valence-electron chi connectivity index (χ3n) is 5.79. The molecule has 1 aliphatic rings. The second-order valence-corrected chi connectivity index (χ2v) is 7.66. The summed E-state index contributed by atoms with van der Waals surface area (Å²) in [4.78, 5) is 39.6. The van der Waals surface area contributed by atoms with Gasteiger partial charge in [-0.05, 0) is 32.8 Å². The fourth-order valence-corrected chi connectivity index (χ4v) is 3.81. The fourth-order valence-electron chi connectivity index (χ4n) is 3.81. The molecule has 182 valence electrons. The third-order valence-corrected chi connectivity index (χ3v) is 5.79. The molecule has 0 saturated carbocycles. The first-order valence-corrected chi connectivity index (χ1v) is 10.9. The number of methoxy groups -OCH3 is 1. The van der Waals surface area contributed by atoms with E-state index in [1.165, 1.54) is 25.3 Å². The summed E-state index contributed by atoms with van der Waals surface area (Å²) in [6.07, 6.45) is 0.734. The van der Waals surface area contributed by atoms with Crippen molar-refractivity contribution in [3.63, 3.8) is 0 Å². The average molecular weight is 464 g/mol. The molecule has 1 aliphatic heterocycles. The number of carbonyl (C=O) groups is 3. The maximum absolute atomic E-state index is 13.6. The number of carbonyl (C=O) groups excluding carboxylic acids is 3. The van der Waals surface area contributed by atoms with Crippen molar-refractivity contribution < 1.29 is 33.7 Å². The summed E-state index contributed by atoms with van der Waals surface area (Å²) in [7, 11) is 1.45. The Hall–Kier alpha value is -3.27. The summed E-state index contributed by atoms with van der Waals surface area (Å²) in [6.45, 7) is 9.86. The summed E-state index contributed by atoms with van der Waals surface area (Å²) in [6, 6.07) is 2.99. The fraction of sp³-hybridized carbons (Fsp3) is 0.522. The van der Waals surface area contributed by atoms with E-state index in [0.717, 1.165) is 4.90 Å². The normalized spacial score (nSPS) is 19.9. The monoisotopic (exact) mass is 463 g/mol. The SMILES string of the molecule is C=CCOC(=O)N1c2cc(OCCCNC=O)c(OC)cc2C(=O)N(CC)C(C)(CC)C1O. The summed E-state index contributed by atoms with van der Waals surface area (Å²) in [5, 5.41) is 13.9. The number of hydrogen-bond acceptors (Lipinski definition) is 7. The molecule has 0 bridgehead atoms. The molecule has 0 aromatic heterocycles. The molecule has 2 N–H and O–H groups in total. The number of amides is 3. The highest BCUT2D eigenvalue weighted by Crippen LogP contribution is 2.42. The van der Waals surface area contributed by atoms with Gasteiger partial charge in [0.15, 0.2) is 17.7 Å². The number of rotatable bonds is 11. The Kier molecular flexibility index (Phi) is 9.10. The predicted molar refractivity (Wildman–Crippen MR) is 123 cm³/mol. The number of ether oxygens (including phenoxy) is 3. The molecule has 10 nitrogen and oxygen atoms in total. The number of fused-ring (bicyclic) bond motifs is 1. The minimum absolute atomic E-state index is 0.0606. The van der Waals surface area contributed by atoms with Gasteiger partial charge in [0.2, 0.25) is 6.41 Å². The number of anilines is 1. The number of likely N-dealkylation sites (N-methyl/N-ethyl adjacent to an activating group) is 1. The standard InChI is InChI=1S/C23H33N3O7/c1-6-11-33-22(30)26-17-14-19(32-12-9-10-24-15-27)18(31-5)13-16(17)20(28)25(8-3)23(4,7-2)21(26)29/h6,13-15,21,29H,1,7-12H2,2-5H3,(H,24,27). The lowest BCUT2D eigenvalue weighted by molar-refractivity contribution is -0.109. The number of nitrogens with zero attached hydrogens (tertiary/aromatic N) is 2. The van der Waals surface area contributed by atoms with E-state index in [-0.39, 0.29) is 36.1 Å². The van der Waals surface area contributed by atoms with E-state index < -0.39 is 17.9 Å². The van der Waals surface area contributed by atoms with E-state index in [9.17, 15) is 19.5 Å². The molecule has 1 heterocycles. The maximum atomic E-state index is 13.6. The zero-order chi connectivity index (χ0) is 24.6. The Morgan fingerprint density at radius 3 is 2.64 bits per heavy atom. The van der Waals surface area contributed by atoms with Crippen LogP contribution in [0.3, 0.4) is 0 Å². The van der Waals surface area contributed by atoms with Gasteiger partial charge in [-0.2, -0.15) is 0 Å². The molecular formula is C23H33N3O7. The zero-order valence-electron chi connectivity index (χ0n) is 19.6. The average Bonchev–Trinajstić information content (AvgIpc) is 2.88. The molecule has 0 spiro atoms. The molecule has 10 heteroatoms. The van der Waals surface area contributed by atoms with Crippen LogP contribution >= 0.6 is 0 Å². The number of aliphatic hydroxyl groups excluding tert-OH is 1. The highest BCUT2D eigenvalue weighted by atomic mass is 16.6. The van der Waals surface area contributed by atoms with Crippen molar-refractivity contribution >= 4 is 24.1 Å². The topological polar surface area (TPSA) is 118 Å². The molecule has 0 saturated heterocycles. The van der Waals surface area contributed by atoms with Gasteiger partial charge in [-0.15, -0.1) is 0 Å². The molecule has 1 aromatic carbocycles. The van der Waals surface area contributed by atoms with Gasteiger partial charge < -0.3 is 29.5 Å². The number of nitrogens with one attached hydrogen (secondary N) is 1. The highest BCUT2D eigenvalue weighted by molar-refractivity contribution is 6.06. The van der Waals surface area contributed by atoms with E-state index in [2.05, 4.69) is 11.9 Å². The second kappa shape index (κ2) is 11.6. The van der Waals surface area contributed by atoms with Crippen molar-refractivity contribution in [1.29, 1.82) is 0 Å². The third kappa shape index (κ3) is 5.22. The van der Waals surface area contributed by atoms with E-state index in [1.807, 2.05) is 13.8 Å². The molecule has 0 fully saturated rings. The van der Waals surface area contributed by atoms with Crippen LogP contribution in [0.2, 0.25) is 0 Å². The first-order valence-electron chi connectivity index (χ1n) is 10.9. The first kappa shape index (κ1) is 26.0. The molecule has 33 heavy (non-hydrogen) atoms. The van der Waals surface area contributed by atoms with E-state index in [0.29, 0.717) is 38.1 Å². The van der Waals surface area contributed by atoms with Gasteiger partial charge in [0.1, 0.15) is 6.61 Å². The van der Waals surface area contributed by atoms with Crippen molar-refractivity contribution in [3.8, 4) is 11.5 Å². The molecule has 0 radical (unpaired) electrons. The predicted octanol–water partition coefficient (Wildman–Crippen LogP) is 2.30. The zero-order valence-corrected chi connectivity index (χ0v) is 19.6. The number of benzene rings is 1. The second-order valence-electron chi connectivity index (χ2n) is 7.66. The van der Waals surface area contributed by atoms with Crippen molar-refractivity contribution in [3.05, 3.63) is 30.4 Å². The van der Waals surface area contributed by atoms with Crippen LogP contribution in [0.4, 0.5) is 10.5 Å². The maximum Gasteiger partial charge on any atom is 0.416 e. The van der Waals surface area contributed by atoms with Gasteiger partial charge in [0, 0.05) is 19.2 Å². The Morgan fingerprint density at radius 2 is 2.06 bits per heavy atom. The summed E-state index contributed by atoms with van der Waals surface area (Å²) >= 11 is 0. The molecule has 1 aromatic rings. The minimum atomic E-state index is -1.39. The Bertz CT molecular complexity index is 876. The van der Waals surface area contributed by atoms with Crippen LogP contribution < -0.4 is 19.7 Å². The Morgan fingerprint density at radius 1 is 1.33 bits per heavy atom. The summed E-state index contributed by atoms with van der Waals surface area (Å²) in [5.74, 6) is 0.234. The number of aliphatic hydroxyl groups is 1. The van der Waals surface area contributed by atoms with Gasteiger partial charge in [-0.1, -0.05) is 19.6 Å². The lowest BCUT2D eigenvalue weighted by Crippen LogP contribution is -2.61. The highest BCUT2D eigenvalue weighted by Gasteiger charge is 2.49. The number of hydrogen-bond donors (Lipinski definition) is 2. The van der Waals surface area contributed by atoms with Crippen molar-refractivity contribution in [2.24, 2.45) is 0 Å². The van der Waals surface area contributed by atoms with Crippen LogP contribution in [0, 0.1) is 0 Å². The Labute approximate surface area is 194 Å². The van der Waals surface area contributed by atoms with Crippen LogP contribution in [0.15, 0.2) is 24.8 Å². The largest absolute Gasteiger partial charge is 0.493 e. The lowest BCUT2D eigenvalue weighted by atomic mass is 9.93. The molecule has 2 unspecified atom stereocenters. The Balaban J connectivity index is 2.62. The van der Waals surface area contributed by atoms with E-state index >= 15 is 0 Å². The van der Waals surface area contributed by atoms with Gasteiger partial charge in [-0.3, -0.25) is 9.59 Å². The van der Waals surface area contributed by atoms with Crippen LogP contribution in [0.1, 0.15) is 44.0 Å². The summed E-state index contributed by atoms with van der Waals surface area (Å²) < 4.78 is 16.5. The minimum Gasteiger partial charge on any atom is -0.493 e. The van der Waals surface area contributed by atoms with Gasteiger partial charge in [-0.25, -0.2) is 9.69 Å². The van der Waals surface area contributed by atoms with Crippen molar-refractivity contribution in [2.75, 3.05) is 38.3 Å². The first-order chi connectivity index (χ1) is 15.8. The van der Waals surface area contributed by atoms with Crippen LogP contribution in [-0.4, -0.2) is 73.6 Å². The molecule has 2 rings (SSSR count). The van der Waals surface area contributed by atoms with Crippen LogP contribution in [0.25, 0.3) is 0 Å². The van der Waals surface area contributed by atoms with E-state index in [1.54, 1.807) is 11.8 Å². The van der Waals surface area contributed by atoms with Crippen LogP contribution in [-0.2, 0) is 9.53 Å².